The quantitative estimate of drug-likeness (QED) is 0.558. The van der Waals surface area contributed by atoms with Crippen molar-refractivity contribution in [3.63, 3.8) is 0 Å². The first-order valence-corrected chi connectivity index (χ1v) is 8.69. The van der Waals surface area contributed by atoms with Crippen LogP contribution in [0.25, 0.3) is 0 Å². The van der Waals surface area contributed by atoms with E-state index in [0.29, 0.717) is 17.9 Å². The molecule has 0 saturated carbocycles. The van der Waals surface area contributed by atoms with Crippen molar-refractivity contribution in [2.24, 2.45) is 35.3 Å². The van der Waals surface area contributed by atoms with Gasteiger partial charge in [0.25, 0.3) is 0 Å². The Morgan fingerprint density at radius 1 is 0.789 bits per heavy atom. The zero-order valence-corrected chi connectivity index (χ0v) is 14.6. The summed E-state index contributed by atoms with van der Waals surface area (Å²) in [6, 6.07) is 0.366. The highest BCUT2D eigenvalue weighted by Gasteiger charge is 2.36. The van der Waals surface area contributed by atoms with Crippen LogP contribution in [0.1, 0.15) is 80.6 Å². The fourth-order valence-electron chi connectivity index (χ4n) is 3.97. The molecule has 0 aliphatic heterocycles. The normalized spacial score (nSPS) is 20.1. The Balaban J connectivity index is 5.26. The van der Waals surface area contributed by atoms with E-state index in [1.165, 1.54) is 25.7 Å². The molecule has 0 aliphatic carbocycles. The Morgan fingerprint density at radius 2 is 1.37 bits per heavy atom. The second-order valence-electron chi connectivity index (χ2n) is 6.81. The number of nitrogens with two attached hydrogens (primary N) is 1. The minimum atomic E-state index is 0.366. The summed E-state index contributed by atoms with van der Waals surface area (Å²) < 4.78 is 0. The van der Waals surface area contributed by atoms with E-state index in [4.69, 9.17) is 5.73 Å². The van der Waals surface area contributed by atoms with E-state index in [1.807, 2.05) is 0 Å². The lowest BCUT2D eigenvalue weighted by atomic mass is 9.64. The molecule has 0 aromatic rings. The molecule has 1 nitrogen and oxygen atoms in total. The molecule has 0 amide bonds. The maximum absolute atomic E-state index is 6.50. The molecule has 0 saturated heterocycles. The summed E-state index contributed by atoms with van der Waals surface area (Å²) in [4.78, 5) is 0. The van der Waals surface area contributed by atoms with Crippen molar-refractivity contribution in [1.82, 2.24) is 0 Å². The van der Waals surface area contributed by atoms with Crippen LogP contribution in [0.15, 0.2) is 0 Å². The van der Waals surface area contributed by atoms with E-state index >= 15 is 0 Å². The van der Waals surface area contributed by atoms with Gasteiger partial charge in [0.05, 0.1) is 0 Å². The monoisotopic (exact) mass is 269 g/mol. The Kier molecular flexibility index (Phi) is 9.78. The zero-order chi connectivity index (χ0) is 15.0. The first kappa shape index (κ1) is 19.0. The predicted octanol–water partition coefficient (Wildman–Crippen LogP) is 5.48. The Labute approximate surface area is 122 Å². The van der Waals surface area contributed by atoms with Crippen LogP contribution in [0.2, 0.25) is 0 Å². The van der Waals surface area contributed by atoms with Gasteiger partial charge in [-0.2, -0.15) is 0 Å². The molecule has 0 aromatic heterocycles. The predicted molar refractivity (Wildman–Crippen MR) is 88.2 cm³/mol. The lowest BCUT2D eigenvalue weighted by molar-refractivity contribution is 0.0836. The molecule has 3 unspecified atom stereocenters. The van der Waals surface area contributed by atoms with E-state index in [1.54, 1.807) is 0 Å². The first-order valence-electron chi connectivity index (χ1n) is 8.69. The summed E-state index contributed by atoms with van der Waals surface area (Å²) in [7, 11) is 0. The molecule has 116 valence electrons. The zero-order valence-electron chi connectivity index (χ0n) is 14.6. The van der Waals surface area contributed by atoms with Gasteiger partial charge in [0.15, 0.2) is 0 Å². The van der Waals surface area contributed by atoms with Crippen molar-refractivity contribution < 1.29 is 0 Å². The van der Waals surface area contributed by atoms with Gasteiger partial charge in [0, 0.05) is 6.04 Å². The smallest absolute Gasteiger partial charge is 0.00698 e. The van der Waals surface area contributed by atoms with Crippen molar-refractivity contribution in [2.75, 3.05) is 0 Å². The molecular weight excluding hydrogens is 230 g/mol. The largest absolute Gasteiger partial charge is 0.327 e. The van der Waals surface area contributed by atoms with Crippen LogP contribution >= 0.6 is 0 Å². The Bertz CT molecular complexity index is 212. The van der Waals surface area contributed by atoms with Gasteiger partial charge in [0.2, 0.25) is 0 Å². The van der Waals surface area contributed by atoms with Crippen molar-refractivity contribution in [3.05, 3.63) is 0 Å². The lowest BCUT2D eigenvalue weighted by Crippen LogP contribution is -2.43. The second-order valence-corrected chi connectivity index (χ2v) is 6.81. The van der Waals surface area contributed by atoms with E-state index < -0.39 is 0 Å². The standard InChI is InChI=1S/C18H39N/c1-8-12-15(10-3)18(14(7)9-2)17(13(5)6)16(19)11-4/h13-18H,8-12,19H2,1-7H3/t14?,15-,16?,17?,18+/m0/s1. The Morgan fingerprint density at radius 3 is 1.68 bits per heavy atom. The topological polar surface area (TPSA) is 26.0 Å². The fraction of sp³-hybridized carbons (Fsp3) is 1.00. The summed E-state index contributed by atoms with van der Waals surface area (Å²) in [6.07, 6.45) is 6.37. The van der Waals surface area contributed by atoms with E-state index in [2.05, 4.69) is 48.5 Å². The van der Waals surface area contributed by atoms with Gasteiger partial charge in [-0.15, -0.1) is 0 Å². The van der Waals surface area contributed by atoms with Crippen molar-refractivity contribution in [2.45, 2.75) is 86.6 Å². The van der Waals surface area contributed by atoms with E-state index in [0.717, 1.165) is 24.2 Å². The number of hydrogen-bond donors (Lipinski definition) is 1. The molecule has 0 heterocycles. The van der Waals surface area contributed by atoms with Crippen LogP contribution in [-0.4, -0.2) is 6.04 Å². The highest BCUT2D eigenvalue weighted by Crippen LogP contribution is 2.40. The van der Waals surface area contributed by atoms with Crippen LogP contribution in [0.4, 0.5) is 0 Å². The third-order valence-corrected chi connectivity index (χ3v) is 5.21. The minimum Gasteiger partial charge on any atom is -0.327 e. The van der Waals surface area contributed by atoms with Crippen molar-refractivity contribution in [3.8, 4) is 0 Å². The molecule has 19 heavy (non-hydrogen) atoms. The van der Waals surface area contributed by atoms with Gasteiger partial charge < -0.3 is 5.73 Å². The molecule has 0 rings (SSSR count). The summed E-state index contributed by atoms with van der Waals surface area (Å²) in [5.74, 6) is 3.81. The van der Waals surface area contributed by atoms with E-state index in [-0.39, 0.29) is 0 Å². The number of rotatable bonds is 10. The molecule has 0 fully saturated rings. The van der Waals surface area contributed by atoms with Crippen LogP contribution in [0.5, 0.6) is 0 Å². The fourth-order valence-corrected chi connectivity index (χ4v) is 3.97. The van der Waals surface area contributed by atoms with Crippen LogP contribution in [0, 0.1) is 29.6 Å². The lowest BCUT2D eigenvalue weighted by Gasteiger charge is -2.42. The van der Waals surface area contributed by atoms with Gasteiger partial charge in [0.1, 0.15) is 0 Å². The van der Waals surface area contributed by atoms with Crippen LogP contribution in [0.3, 0.4) is 0 Å². The minimum absolute atomic E-state index is 0.366. The third-order valence-electron chi connectivity index (χ3n) is 5.21. The first-order chi connectivity index (χ1) is 8.94. The van der Waals surface area contributed by atoms with Crippen molar-refractivity contribution in [1.29, 1.82) is 0 Å². The summed E-state index contributed by atoms with van der Waals surface area (Å²) in [5.41, 5.74) is 6.50. The molecular formula is C18H39N. The molecule has 1 heteroatoms. The summed E-state index contributed by atoms with van der Waals surface area (Å²) in [5, 5.41) is 0. The molecule has 0 radical (unpaired) electrons. The highest BCUT2D eigenvalue weighted by molar-refractivity contribution is 4.87. The van der Waals surface area contributed by atoms with Crippen LogP contribution in [-0.2, 0) is 0 Å². The SMILES string of the molecule is CCC[C@H](CC)[C@@H](C(C)CC)C(C(C)C)C(N)CC. The maximum atomic E-state index is 6.50. The Hall–Kier alpha value is -0.0400. The summed E-state index contributed by atoms with van der Waals surface area (Å²) in [6.45, 7) is 16.5. The third kappa shape index (κ3) is 5.45. The van der Waals surface area contributed by atoms with Crippen molar-refractivity contribution >= 4 is 0 Å². The van der Waals surface area contributed by atoms with Gasteiger partial charge in [-0.3, -0.25) is 0 Å². The second kappa shape index (κ2) is 9.80. The molecule has 0 spiro atoms. The maximum Gasteiger partial charge on any atom is 0.00698 e. The molecule has 0 aromatic carbocycles. The van der Waals surface area contributed by atoms with E-state index in [9.17, 15) is 0 Å². The van der Waals surface area contributed by atoms with Gasteiger partial charge in [-0.25, -0.2) is 0 Å². The highest BCUT2D eigenvalue weighted by atomic mass is 14.7. The van der Waals surface area contributed by atoms with Gasteiger partial charge >= 0.3 is 0 Å². The molecule has 5 atom stereocenters. The van der Waals surface area contributed by atoms with Crippen LogP contribution < -0.4 is 5.73 Å². The average Bonchev–Trinajstić information content (AvgIpc) is 2.40. The van der Waals surface area contributed by atoms with Gasteiger partial charge in [-0.1, -0.05) is 74.1 Å². The number of hydrogen-bond acceptors (Lipinski definition) is 1. The molecule has 2 N–H and O–H groups in total. The molecule has 0 bridgehead atoms. The average molecular weight is 270 g/mol. The van der Waals surface area contributed by atoms with Gasteiger partial charge in [-0.05, 0) is 36.0 Å². The molecule has 0 aliphatic rings. The summed E-state index contributed by atoms with van der Waals surface area (Å²) >= 11 is 0.